The van der Waals surface area contributed by atoms with Crippen molar-refractivity contribution < 1.29 is 27.8 Å². The highest BCUT2D eigenvalue weighted by molar-refractivity contribution is 6.32. The fourth-order valence-electron chi connectivity index (χ4n) is 1.94. The average molecular weight is 420 g/mol. The minimum absolute atomic E-state index is 0.0707. The zero-order chi connectivity index (χ0) is 19.6. The minimum Gasteiger partial charge on any atom is -0.490 e. The van der Waals surface area contributed by atoms with Crippen LogP contribution in [0.3, 0.4) is 0 Å². The first-order valence-electron chi connectivity index (χ1n) is 7.94. The van der Waals surface area contributed by atoms with Crippen LogP contribution < -0.4 is 14.8 Å². The lowest BCUT2D eigenvalue weighted by molar-refractivity contribution is 0.0650. The fourth-order valence-corrected chi connectivity index (χ4v) is 2.35. The number of carbonyl (C=O) groups is 1. The van der Waals surface area contributed by atoms with E-state index in [1.807, 2.05) is 0 Å². The van der Waals surface area contributed by atoms with Gasteiger partial charge in [0.05, 0.1) is 11.6 Å². The number of alkyl carbamates (subject to hydrolysis) is 1. The first-order chi connectivity index (χ1) is 13.0. The van der Waals surface area contributed by atoms with Crippen molar-refractivity contribution in [2.24, 2.45) is 0 Å². The number of hydrogen-bond donors (Lipinski definition) is 1. The maximum absolute atomic E-state index is 12.3. The number of alkyl halides is 2. The predicted octanol–water partition coefficient (Wildman–Crippen LogP) is 5.20. The number of ether oxygens (including phenoxy) is 3. The lowest BCUT2D eigenvalue weighted by Gasteiger charge is -2.13. The second kappa shape index (κ2) is 10.8. The van der Waals surface area contributed by atoms with Gasteiger partial charge in [-0.05, 0) is 30.3 Å². The molecule has 0 radical (unpaired) electrons. The molecule has 0 atom stereocenters. The Labute approximate surface area is 165 Å². The quantitative estimate of drug-likeness (QED) is 0.567. The SMILES string of the molecule is O=C(NCCOc1ccc(Oc2cccc(Cl)c2)cc1Cl)OC(CF)CF. The molecule has 0 fully saturated rings. The first kappa shape index (κ1) is 21.1. The molecule has 5 nitrogen and oxygen atoms in total. The van der Waals surface area contributed by atoms with Gasteiger partial charge in [0.1, 0.15) is 37.2 Å². The van der Waals surface area contributed by atoms with Crippen molar-refractivity contribution in [1.82, 2.24) is 5.32 Å². The van der Waals surface area contributed by atoms with Crippen molar-refractivity contribution in [3.05, 3.63) is 52.5 Å². The molecule has 1 amide bonds. The maximum Gasteiger partial charge on any atom is 0.407 e. The third kappa shape index (κ3) is 7.11. The van der Waals surface area contributed by atoms with Gasteiger partial charge in [0.25, 0.3) is 0 Å². The predicted molar refractivity (Wildman–Crippen MR) is 98.7 cm³/mol. The van der Waals surface area contributed by atoms with Gasteiger partial charge in [-0.3, -0.25) is 0 Å². The molecule has 0 unspecified atom stereocenters. The summed E-state index contributed by atoms with van der Waals surface area (Å²) in [5, 5.41) is 3.18. The molecule has 0 bridgehead atoms. The van der Waals surface area contributed by atoms with Crippen LogP contribution in [0.1, 0.15) is 0 Å². The summed E-state index contributed by atoms with van der Waals surface area (Å²) >= 11 is 12.1. The van der Waals surface area contributed by atoms with Gasteiger partial charge in [-0.25, -0.2) is 13.6 Å². The highest BCUT2D eigenvalue weighted by Gasteiger charge is 2.13. The van der Waals surface area contributed by atoms with Crippen LogP contribution >= 0.6 is 23.2 Å². The van der Waals surface area contributed by atoms with E-state index in [0.717, 1.165) is 0 Å². The molecule has 1 N–H and O–H groups in total. The van der Waals surface area contributed by atoms with Gasteiger partial charge in [-0.2, -0.15) is 0 Å². The summed E-state index contributed by atoms with van der Waals surface area (Å²) in [4.78, 5) is 11.3. The van der Waals surface area contributed by atoms with Gasteiger partial charge in [0, 0.05) is 11.1 Å². The van der Waals surface area contributed by atoms with Crippen LogP contribution in [0, 0.1) is 0 Å². The number of halogens is 4. The van der Waals surface area contributed by atoms with E-state index in [0.29, 0.717) is 27.3 Å². The van der Waals surface area contributed by atoms with Crippen molar-refractivity contribution in [3.63, 3.8) is 0 Å². The van der Waals surface area contributed by atoms with E-state index in [2.05, 4.69) is 10.1 Å². The van der Waals surface area contributed by atoms with Crippen molar-refractivity contribution in [2.75, 3.05) is 26.5 Å². The average Bonchev–Trinajstić information content (AvgIpc) is 2.64. The summed E-state index contributed by atoms with van der Waals surface area (Å²) in [6, 6.07) is 11.8. The van der Waals surface area contributed by atoms with Crippen molar-refractivity contribution in [3.8, 4) is 17.2 Å². The van der Waals surface area contributed by atoms with Crippen molar-refractivity contribution in [2.45, 2.75) is 6.10 Å². The fraction of sp³-hybridized carbons (Fsp3) is 0.278. The number of rotatable bonds is 9. The molecule has 2 rings (SSSR count). The summed E-state index contributed by atoms with van der Waals surface area (Å²) < 4.78 is 40.1. The summed E-state index contributed by atoms with van der Waals surface area (Å²) in [7, 11) is 0. The Kier molecular flexibility index (Phi) is 8.42. The Balaban J connectivity index is 1.79. The zero-order valence-corrected chi connectivity index (χ0v) is 15.6. The van der Waals surface area contributed by atoms with Crippen LogP contribution in [0.5, 0.6) is 17.2 Å². The van der Waals surface area contributed by atoms with Crippen LogP contribution in [0.4, 0.5) is 13.6 Å². The highest BCUT2D eigenvalue weighted by atomic mass is 35.5. The Morgan fingerprint density at radius 3 is 2.48 bits per heavy atom. The van der Waals surface area contributed by atoms with Gasteiger partial charge in [0.2, 0.25) is 0 Å². The summed E-state index contributed by atoms with van der Waals surface area (Å²) in [6.45, 7) is -2.01. The van der Waals surface area contributed by atoms with Gasteiger partial charge in [-0.15, -0.1) is 0 Å². The molecule has 0 aromatic heterocycles. The summed E-state index contributed by atoms with van der Waals surface area (Å²) in [5.41, 5.74) is 0. The Hall–Kier alpha value is -2.25. The van der Waals surface area contributed by atoms with E-state index >= 15 is 0 Å². The van der Waals surface area contributed by atoms with Crippen LogP contribution in [-0.2, 0) is 4.74 Å². The smallest absolute Gasteiger partial charge is 0.407 e. The Morgan fingerprint density at radius 1 is 1.07 bits per heavy atom. The largest absolute Gasteiger partial charge is 0.490 e. The number of nitrogens with one attached hydrogen (secondary N) is 1. The normalized spacial score (nSPS) is 10.6. The van der Waals surface area contributed by atoms with Gasteiger partial charge < -0.3 is 19.5 Å². The zero-order valence-electron chi connectivity index (χ0n) is 14.1. The molecule has 146 valence electrons. The minimum atomic E-state index is -1.40. The standard InChI is InChI=1S/C18H17Cl2F2NO4/c19-12-2-1-3-13(8-12)26-14-4-5-17(16(20)9-14)25-7-6-23-18(24)27-15(10-21)11-22/h1-5,8-9,15H,6-7,10-11H2,(H,23,24). The molecule has 0 aliphatic rings. The molecule has 2 aromatic rings. The maximum atomic E-state index is 12.3. The molecule has 0 aliphatic heterocycles. The molecule has 0 saturated heterocycles. The van der Waals surface area contributed by atoms with Crippen molar-refractivity contribution in [1.29, 1.82) is 0 Å². The van der Waals surface area contributed by atoms with E-state index in [1.165, 1.54) is 0 Å². The molecular weight excluding hydrogens is 403 g/mol. The molecular formula is C18H17Cl2F2NO4. The first-order valence-corrected chi connectivity index (χ1v) is 8.69. The monoisotopic (exact) mass is 419 g/mol. The van der Waals surface area contributed by atoms with Gasteiger partial charge in [0.15, 0.2) is 6.10 Å². The molecule has 2 aromatic carbocycles. The number of hydrogen-bond acceptors (Lipinski definition) is 4. The lowest BCUT2D eigenvalue weighted by Crippen LogP contribution is -2.33. The lowest BCUT2D eigenvalue weighted by atomic mass is 10.3. The molecule has 27 heavy (non-hydrogen) atoms. The van der Waals surface area contributed by atoms with Crippen molar-refractivity contribution >= 4 is 29.3 Å². The summed E-state index contributed by atoms with van der Waals surface area (Å²) in [5.74, 6) is 1.45. The molecule has 0 heterocycles. The van der Waals surface area contributed by atoms with Crippen LogP contribution in [0.2, 0.25) is 10.0 Å². The van der Waals surface area contributed by atoms with Crippen LogP contribution in [0.25, 0.3) is 0 Å². The van der Waals surface area contributed by atoms with E-state index < -0.39 is 25.5 Å². The molecule has 0 saturated carbocycles. The third-order valence-corrected chi connectivity index (χ3v) is 3.71. The Morgan fingerprint density at radius 2 is 1.81 bits per heavy atom. The summed E-state index contributed by atoms with van der Waals surface area (Å²) in [6.07, 6.45) is -2.32. The van der Waals surface area contributed by atoms with E-state index in [-0.39, 0.29) is 13.2 Å². The molecule has 0 aliphatic carbocycles. The number of amides is 1. The van der Waals surface area contributed by atoms with Gasteiger partial charge >= 0.3 is 6.09 Å². The van der Waals surface area contributed by atoms with Gasteiger partial charge in [-0.1, -0.05) is 29.3 Å². The highest BCUT2D eigenvalue weighted by Crippen LogP contribution is 2.31. The second-order valence-electron chi connectivity index (χ2n) is 5.26. The van der Waals surface area contributed by atoms with E-state index in [1.54, 1.807) is 42.5 Å². The van der Waals surface area contributed by atoms with E-state index in [4.69, 9.17) is 32.7 Å². The van der Waals surface area contributed by atoms with E-state index in [9.17, 15) is 13.6 Å². The number of carbonyl (C=O) groups excluding carboxylic acids is 1. The molecule has 0 spiro atoms. The molecule has 9 heteroatoms. The number of benzene rings is 2. The Bertz CT molecular complexity index is 760. The second-order valence-corrected chi connectivity index (χ2v) is 6.11. The third-order valence-electron chi connectivity index (χ3n) is 3.18. The topological polar surface area (TPSA) is 56.8 Å². The van der Waals surface area contributed by atoms with Crippen LogP contribution in [0.15, 0.2) is 42.5 Å². The van der Waals surface area contributed by atoms with Crippen LogP contribution in [-0.4, -0.2) is 38.7 Å².